The van der Waals surface area contributed by atoms with Gasteiger partial charge in [-0.15, -0.1) is 0 Å². The lowest BCUT2D eigenvalue weighted by Gasteiger charge is -2.29. The van der Waals surface area contributed by atoms with Crippen LogP contribution in [0.25, 0.3) is 11.1 Å². The van der Waals surface area contributed by atoms with Crippen molar-refractivity contribution >= 4 is 18.0 Å². The van der Waals surface area contributed by atoms with E-state index in [4.69, 9.17) is 4.74 Å². The number of nitrogens with one attached hydrogen (secondary N) is 2. The summed E-state index contributed by atoms with van der Waals surface area (Å²) in [5, 5.41) is 15.2. The fourth-order valence-electron chi connectivity index (χ4n) is 5.37. The quantitative estimate of drug-likeness (QED) is 0.478. The molecule has 2 aliphatic carbocycles. The molecule has 2 aliphatic rings. The monoisotopic (exact) mass is 478 g/mol. The van der Waals surface area contributed by atoms with Crippen LogP contribution in [0.1, 0.15) is 68.9 Å². The van der Waals surface area contributed by atoms with Gasteiger partial charge in [0, 0.05) is 24.4 Å². The summed E-state index contributed by atoms with van der Waals surface area (Å²) in [5.74, 6) is -1.54. The van der Waals surface area contributed by atoms with E-state index in [1.807, 2.05) is 31.2 Å². The van der Waals surface area contributed by atoms with Crippen LogP contribution in [0, 0.1) is 5.92 Å². The molecule has 7 heteroatoms. The summed E-state index contributed by atoms with van der Waals surface area (Å²) in [6.07, 6.45) is 3.97. The van der Waals surface area contributed by atoms with E-state index in [2.05, 4.69) is 34.9 Å². The number of hydrogen-bond donors (Lipinski definition) is 3. The maximum atomic E-state index is 12.6. The minimum absolute atomic E-state index is 0.00308. The molecule has 0 saturated heterocycles. The van der Waals surface area contributed by atoms with E-state index in [0.29, 0.717) is 25.7 Å². The van der Waals surface area contributed by atoms with Crippen molar-refractivity contribution in [3.05, 3.63) is 59.7 Å². The summed E-state index contributed by atoms with van der Waals surface area (Å²) in [6.45, 7) is 2.20. The Bertz CT molecular complexity index is 1020. The molecule has 2 amide bonds. The average Bonchev–Trinajstić information content (AvgIpc) is 3.19. The maximum absolute atomic E-state index is 12.6. The molecule has 3 atom stereocenters. The number of fused-ring (bicyclic) bond motifs is 3. The standard InChI is InChI=1S/C28H34N2O5/c1-2-18(15-16-26(31)30-25-14-8-7-13-23(25)27(32)33)29-28(34)35-17-24-21-11-5-3-9-19(21)20-10-4-6-12-22(20)24/h3-6,9-12,18,23-25H,2,7-8,13-17H2,1H3,(H,29,34)(H,30,31)(H,32,33)/t18?,23-,25+/m1/s1. The van der Waals surface area contributed by atoms with Crippen LogP contribution >= 0.6 is 0 Å². The van der Waals surface area contributed by atoms with Gasteiger partial charge in [0.05, 0.1) is 5.92 Å². The van der Waals surface area contributed by atoms with Crippen LogP contribution < -0.4 is 10.6 Å². The Labute approximate surface area is 206 Å². The molecule has 0 spiro atoms. The van der Waals surface area contributed by atoms with Crippen LogP contribution in [0.2, 0.25) is 0 Å². The van der Waals surface area contributed by atoms with Crippen molar-refractivity contribution in [3.63, 3.8) is 0 Å². The third-order valence-electron chi connectivity index (χ3n) is 7.31. The van der Waals surface area contributed by atoms with Crippen molar-refractivity contribution in [1.29, 1.82) is 0 Å². The lowest BCUT2D eigenvalue weighted by molar-refractivity contribution is -0.144. The number of amides is 2. The Balaban J connectivity index is 1.26. The van der Waals surface area contributed by atoms with Crippen LogP contribution in [-0.4, -0.2) is 41.8 Å². The van der Waals surface area contributed by atoms with Crippen molar-refractivity contribution < 1.29 is 24.2 Å². The van der Waals surface area contributed by atoms with E-state index in [-0.39, 0.29) is 36.9 Å². The molecule has 3 N–H and O–H groups in total. The SMILES string of the molecule is CCC(CCC(=O)N[C@H]1CCCC[C@H]1C(=O)O)NC(=O)OCC1c2ccccc2-c2ccccc21. The van der Waals surface area contributed by atoms with Gasteiger partial charge in [0.25, 0.3) is 0 Å². The van der Waals surface area contributed by atoms with Gasteiger partial charge in [-0.25, -0.2) is 4.79 Å². The number of carbonyl (C=O) groups excluding carboxylic acids is 2. The van der Waals surface area contributed by atoms with E-state index in [9.17, 15) is 19.5 Å². The van der Waals surface area contributed by atoms with Crippen molar-refractivity contribution in [2.75, 3.05) is 6.61 Å². The molecule has 0 heterocycles. The first-order valence-corrected chi connectivity index (χ1v) is 12.6. The molecule has 2 aromatic carbocycles. The molecule has 0 aliphatic heterocycles. The summed E-state index contributed by atoms with van der Waals surface area (Å²) < 4.78 is 5.62. The first-order chi connectivity index (χ1) is 17.0. The number of carboxylic acid groups (broad SMARTS) is 1. The van der Waals surface area contributed by atoms with Crippen LogP contribution in [0.15, 0.2) is 48.5 Å². The summed E-state index contributed by atoms with van der Waals surface area (Å²) in [4.78, 5) is 36.5. The summed E-state index contributed by atoms with van der Waals surface area (Å²) in [5.41, 5.74) is 4.68. The molecule has 186 valence electrons. The number of aliphatic carboxylic acids is 1. The maximum Gasteiger partial charge on any atom is 0.407 e. The van der Waals surface area contributed by atoms with Gasteiger partial charge < -0.3 is 20.5 Å². The van der Waals surface area contributed by atoms with E-state index in [1.54, 1.807) is 0 Å². The normalized spacial score (nSPS) is 19.8. The highest BCUT2D eigenvalue weighted by atomic mass is 16.5. The van der Waals surface area contributed by atoms with E-state index >= 15 is 0 Å². The van der Waals surface area contributed by atoms with Gasteiger partial charge >= 0.3 is 12.1 Å². The van der Waals surface area contributed by atoms with Gasteiger partial charge in [-0.05, 0) is 47.9 Å². The minimum atomic E-state index is -0.849. The molecule has 2 aromatic rings. The second-order valence-electron chi connectivity index (χ2n) is 9.52. The van der Waals surface area contributed by atoms with Gasteiger partial charge in [-0.1, -0.05) is 68.3 Å². The number of benzene rings is 2. The Hall–Kier alpha value is -3.35. The van der Waals surface area contributed by atoms with E-state index in [1.165, 1.54) is 11.1 Å². The number of rotatable bonds is 9. The lowest BCUT2D eigenvalue weighted by Crippen LogP contribution is -2.45. The summed E-state index contributed by atoms with van der Waals surface area (Å²) in [7, 11) is 0. The smallest absolute Gasteiger partial charge is 0.407 e. The number of alkyl carbamates (subject to hydrolysis) is 1. The molecule has 7 nitrogen and oxygen atoms in total. The van der Waals surface area contributed by atoms with Gasteiger partial charge in [0.15, 0.2) is 0 Å². The minimum Gasteiger partial charge on any atom is -0.481 e. The number of ether oxygens (including phenoxy) is 1. The molecule has 4 rings (SSSR count). The zero-order chi connectivity index (χ0) is 24.8. The van der Waals surface area contributed by atoms with Crippen LogP contribution in [0.4, 0.5) is 4.79 Å². The fraction of sp³-hybridized carbons (Fsp3) is 0.464. The first-order valence-electron chi connectivity index (χ1n) is 12.6. The molecule has 1 fully saturated rings. The molecular weight excluding hydrogens is 444 g/mol. The van der Waals surface area contributed by atoms with Gasteiger partial charge in [-0.2, -0.15) is 0 Å². The Morgan fingerprint density at radius 1 is 1.00 bits per heavy atom. The van der Waals surface area contributed by atoms with Crippen molar-refractivity contribution in [2.45, 2.75) is 69.9 Å². The zero-order valence-corrected chi connectivity index (χ0v) is 20.2. The second kappa shape index (κ2) is 11.4. The van der Waals surface area contributed by atoms with Crippen molar-refractivity contribution in [1.82, 2.24) is 10.6 Å². The predicted octanol–water partition coefficient (Wildman–Crippen LogP) is 4.84. The highest BCUT2D eigenvalue weighted by Gasteiger charge is 2.32. The van der Waals surface area contributed by atoms with Gasteiger partial charge in [0.2, 0.25) is 5.91 Å². The Morgan fingerprint density at radius 2 is 1.63 bits per heavy atom. The molecule has 0 radical (unpaired) electrons. The highest BCUT2D eigenvalue weighted by molar-refractivity contribution is 5.79. The van der Waals surface area contributed by atoms with Crippen LogP contribution in [0.3, 0.4) is 0 Å². The van der Waals surface area contributed by atoms with Gasteiger partial charge in [-0.3, -0.25) is 9.59 Å². The molecule has 0 bridgehead atoms. The van der Waals surface area contributed by atoms with E-state index < -0.39 is 18.0 Å². The third kappa shape index (κ3) is 5.84. The lowest BCUT2D eigenvalue weighted by atomic mass is 9.84. The molecule has 1 saturated carbocycles. The van der Waals surface area contributed by atoms with Crippen LogP contribution in [0.5, 0.6) is 0 Å². The molecule has 35 heavy (non-hydrogen) atoms. The number of carboxylic acids is 1. The number of carbonyl (C=O) groups is 3. The number of hydrogen-bond acceptors (Lipinski definition) is 4. The third-order valence-corrected chi connectivity index (χ3v) is 7.31. The molecule has 0 aromatic heterocycles. The average molecular weight is 479 g/mol. The van der Waals surface area contributed by atoms with Gasteiger partial charge in [0.1, 0.15) is 6.61 Å². The largest absolute Gasteiger partial charge is 0.481 e. The van der Waals surface area contributed by atoms with Crippen molar-refractivity contribution in [2.24, 2.45) is 5.92 Å². The first kappa shape index (κ1) is 24.8. The zero-order valence-electron chi connectivity index (χ0n) is 20.2. The molecular formula is C28H34N2O5. The van der Waals surface area contributed by atoms with Crippen LogP contribution in [-0.2, 0) is 14.3 Å². The fourth-order valence-corrected chi connectivity index (χ4v) is 5.37. The topological polar surface area (TPSA) is 105 Å². The highest BCUT2D eigenvalue weighted by Crippen LogP contribution is 2.44. The molecule has 1 unspecified atom stereocenters. The second-order valence-corrected chi connectivity index (χ2v) is 9.52. The summed E-state index contributed by atoms with van der Waals surface area (Å²) in [6, 6.07) is 15.9. The van der Waals surface area contributed by atoms with Crippen molar-refractivity contribution in [3.8, 4) is 11.1 Å². The Morgan fingerprint density at radius 3 is 2.26 bits per heavy atom. The predicted molar refractivity (Wildman–Crippen MR) is 133 cm³/mol. The summed E-state index contributed by atoms with van der Waals surface area (Å²) >= 11 is 0. The Kier molecular flexibility index (Phi) is 8.06. The van der Waals surface area contributed by atoms with E-state index in [0.717, 1.165) is 24.0 Å².